The van der Waals surface area contributed by atoms with Crippen molar-refractivity contribution in [2.75, 3.05) is 0 Å². The van der Waals surface area contributed by atoms with Crippen LogP contribution in [-0.2, 0) is 0 Å². The van der Waals surface area contributed by atoms with Gasteiger partial charge >= 0.3 is 0 Å². The maximum Gasteiger partial charge on any atom is 0.0794 e. The highest BCUT2D eigenvalue weighted by Crippen LogP contribution is 2.40. The molecule has 196 valence electrons. The van der Waals surface area contributed by atoms with Gasteiger partial charge in [0.1, 0.15) is 0 Å². The Bertz CT molecular complexity index is 2210. The van der Waals surface area contributed by atoms with Crippen LogP contribution in [0.2, 0.25) is 0 Å². The number of hydrogen-bond donors (Lipinski definition) is 0. The van der Waals surface area contributed by atoms with Crippen LogP contribution in [0.3, 0.4) is 0 Å². The Balaban J connectivity index is 1.35. The standard InChI is InChI=1S/C40H26N2/c1-3-11-27(12-4-1)35-25-37-36(28-13-5-2-6-14-28)26-39(42-40(37)34-17-8-7-15-32(34)35)30-21-19-29(20-22-30)31-23-24-41-38-18-10-9-16-33(31)38/h1-26H. The van der Waals surface area contributed by atoms with Gasteiger partial charge in [0, 0.05) is 27.9 Å². The second-order valence-electron chi connectivity index (χ2n) is 10.6. The number of para-hydroxylation sites is 1. The second-order valence-corrected chi connectivity index (χ2v) is 10.6. The third kappa shape index (κ3) is 4.13. The van der Waals surface area contributed by atoms with E-state index >= 15 is 0 Å². The van der Waals surface area contributed by atoms with E-state index in [9.17, 15) is 0 Å². The highest BCUT2D eigenvalue weighted by Gasteiger charge is 2.16. The molecule has 0 spiro atoms. The number of benzene rings is 6. The van der Waals surface area contributed by atoms with Crippen molar-refractivity contribution in [1.82, 2.24) is 9.97 Å². The maximum atomic E-state index is 5.34. The van der Waals surface area contributed by atoms with E-state index in [4.69, 9.17) is 4.98 Å². The van der Waals surface area contributed by atoms with Crippen molar-refractivity contribution in [3.63, 3.8) is 0 Å². The Kier molecular flexibility index (Phi) is 5.82. The molecule has 0 saturated heterocycles. The minimum atomic E-state index is 0.963. The predicted octanol–water partition coefficient (Wildman–Crippen LogP) is 10.6. The molecule has 0 aliphatic carbocycles. The molecule has 0 fully saturated rings. The van der Waals surface area contributed by atoms with E-state index in [1.807, 2.05) is 12.3 Å². The molecule has 8 aromatic rings. The highest BCUT2D eigenvalue weighted by molar-refractivity contribution is 6.16. The molecule has 0 atom stereocenters. The lowest BCUT2D eigenvalue weighted by molar-refractivity contribution is 1.40. The fraction of sp³-hybridized carbons (Fsp3) is 0. The lowest BCUT2D eigenvalue weighted by atomic mass is 9.91. The van der Waals surface area contributed by atoms with Gasteiger partial charge in [-0.05, 0) is 63.0 Å². The Labute approximate surface area is 244 Å². The zero-order valence-corrected chi connectivity index (χ0v) is 22.9. The summed E-state index contributed by atoms with van der Waals surface area (Å²) in [5, 5.41) is 4.68. The zero-order valence-electron chi connectivity index (χ0n) is 22.9. The molecular formula is C40H26N2. The minimum Gasteiger partial charge on any atom is -0.256 e. The van der Waals surface area contributed by atoms with Crippen LogP contribution in [0.25, 0.3) is 77.2 Å². The Morgan fingerprint density at radius 2 is 0.905 bits per heavy atom. The fourth-order valence-corrected chi connectivity index (χ4v) is 6.08. The van der Waals surface area contributed by atoms with E-state index in [1.165, 1.54) is 38.8 Å². The van der Waals surface area contributed by atoms with Gasteiger partial charge in [-0.2, -0.15) is 0 Å². The van der Waals surface area contributed by atoms with E-state index in [1.54, 1.807) is 0 Å². The van der Waals surface area contributed by atoms with Crippen LogP contribution in [0.15, 0.2) is 158 Å². The summed E-state index contributed by atoms with van der Waals surface area (Å²) in [7, 11) is 0. The number of rotatable bonds is 4. The van der Waals surface area contributed by atoms with Gasteiger partial charge in [0.05, 0.1) is 16.7 Å². The average Bonchev–Trinajstić information content (AvgIpc) is 3.08. The highest BCUT2D eigenvalue weighted by atomic mass is 14.7. The number of hydrogen-bond acceptors (Lipinski definition) is 2. The largest absolute Gasteiger partial charge is 0.256 e. The topological polar surface area (TPSA) is 25.8 Å². The predicted molar refractivity (Wildman–Crippen MR) is 176 cm³/mol. The molecule has 0 aliphatic rings. The number of nitrogens with zero attached hydrogens (tertiary/aromatic N) is 2. The number of fused-ring (bicyclic) bond motifs is 4. The maximum absolute atomic E-state index is 5.34. The van der Waals surface area contributed by atoms with Crippen LogP contribution in [0.1, 0.15) is 0 Å². The molecule has 0 radical (unpaired) electrons. The summed E-state index contributed by atoms with van der Waals surface area (Å²) in [5.74, 6) is 0. The SMILES string of the molecule is c1ccc(-c2cc3c(-c4ccccc4)cc(-c4ccc(-c5ccnc6ccccc56)cc4)nc3c3ccccc23)cc1. The van der Waals surface area contributed by atoms with E-state index in [0.29, 0.717) is 0 Å². The number of aromatic nitrogens is 2. The van der Waals surface area contributed by atoms with Gasteiger partial charge in [-0.15, -0.1) is 0 Å². The number of pyridine rings is 2. The summed E-state index contributed by atoms with van der Waals surface area (Å²) >= 11 is 0. The summed E-state index contributed by atoms with van der Waals surface area (Å²) in [4.78, 5) is 9.88. The Morgan fingerprint density at radius 3 is 1.62 bits per heavy atom. The molecule has 6 aromatic carbocycles. The molecule has 2 aromatic heterocycles. The van der Waals surface area contributed by atoms with Crippen molar-refractivity contribution in [3.8, 4) is 44.6 Å². The lowest BCUT2D eigenvalue weighted by Gasteiger charge is -2.16. The molecule has 0 amide bonds. The first-order valence-corrected chi connectivity index (χ1v) is 14.3. The molecule has 0 bridgehead atoms. The summed E-state index contributed by atoms with van der Waals surface area (Å²) in [6.45, 7) is 0. The van der Waals surface area contributed by atoms with Gasteiger partial charge in [0.15, 0.2) is 0 Å². The minimum absolute atomic E-state index is 0.963. The molecule has 2 nitrogen and oxygen atoms in total. The van der Waals surface area contributed by atoms with Gasteiger partial charge in [-0.3, -0.25) is 4.98 Å². The zero-order chi connectivity index (χ0) is 27.9. The van der Waals surface area contributed by atoms with Crippen molar-refractivity contribution >= 4 is 32.6 Å². The van der Waals surface area contributed by atoms with Crippen LogP contribution < -0.4 is 0 Å². The van der Waals surface area contributed by atoms with Gasteiger partial charge < -0.3 is 0 Å². The molecule has 0 N–H and O–H groups in total. The van der Waals surface area contributed by atoms with Crippen LogP contribution in [0.5, 0.6) is 0 Å². The smallest absolute Gasteiger partial charge is 0.0794 e. The molecule has 2 heterocycles. The van der Waals surface area contributed by atoms with Crippen LogP contribution in [0.4, 0.5) is 0 Å². The van der Waals surface area contributed by atoms with E-state index in [0.717, 1.165) is 38.4 Å². The first-order chi connectivity index (χ1) is 20.8. The third-order valence-corrected chi connectivity index (χ3v) is 8.13. The van der Waals surface area contributed by atoms with E-state index in [-0.39, 0.29) is 0 Å². The molecular weight excluding hydrogens is 508 g/mol. The second kappa shape index (κ2) is 10.1. The molecule has 0 aliphatic heterocycles. The van der Waals surface area contributed by atoms with E-state index < -0.39 is 0 Å². The lowest BCUT2D eigenvalue weighted by Crippen LogP contribution is -1.93. The normalized spacial score (nSPS) is 11.3. The molecule has 2 heteroatoms. The summed E-state index contributed by atoms with van der Waals surface area (Å²) in [6, 6.07) is 53.7. The van der Waals surface area contributed by atoms with E-state index in [2.05, 4.69) is 151 Å². The summed E-state index contributed by atoms with van der Waals surface area (Å²) in [6.07, 6.45) is 1.89. The molecule has 0 saturated carbocycles. The van der Waals surface area contributed by atoms with Crippen molar-refractivity contribution in [3.05, 3.63) is 158 Å². The Morgan fingerprint density at radius 1 is 0.357 bits per heavy atom. The fourth-order valence-electron chi connectivity index (χ4n) is 6.08. The van der Waals surface area contributed by atoms with Crippen molar-refractivity contribution in [2.24, 2.45) is 0 Å². The average molecular weight is 535 g/mol. The first-order valence-electron chi connectivity index (χ1n) is 14.3. The van der Waals surface area contributed by atoms with Gasteiger partial charge in [0.2, 0.25) is 0 Å². The molecule has 0 unspecified atom stereocenters. The van der Waals surface area contributed by atoms with Crippen LogP contribution in [0, 0.1) is 0 Å². The van der Waals surface area contributed by atoms with Gasteiger partial charge in [-0.1, -0.05) is 127 Å². The van der Waals surface area contributed by atoms with Crippen LogP contribution >= 0.6 is 0 Å². The van der Waals surface area contributed by atoms with Gasteiger partial charge in [-0.25, -0.2) is 4.98 Å². The summed E-state index contributed by atoms with van der Waals surface area (Å²) < 4.78 is 0. The summed E-state index contributed by atoms with van der Waals surface area (Å²) in [5.41, 5.74) is 11.2. The quantitative estimate of drug-likeness (QED) is 0.210. The van der Waals surface area contributed by atoms with Gasteiger partial charge in [0.25, 0.3) is 0 Å². The monoisotopic (exact) mass is 534 g/mol. The first kappa shape index (κ1) is 24.2. The molecule has 42 heavy (non-hydrogen) atoms. The van der Waals surface area contributed by atoms with Crippen molar-refractivity contribution < 1.29 is 0 Å². The molecule has 8 rings (SSSR count). The van der Waals surface area contributed by atoms with Crippen molar-refractivity contribution in [1.29, 1.82) is 0 Å². The van der Waals surface area contributed by atoms with Crippen molar-refractivity contribution in [2.45, 2.75) is 0 Å². The Hall–Kier alpha value is -5.60. The third-order valence-electron chi connectivity index (χ3n) is 8.13. The van der Waals surface area contributed by atoms with Crippen LogP contribution in [-0.4, -0.2) is 9.97 Å².